The zero-order valence-corrected chi connectivity index (χ0v) is 34.3. The summed E-state index contributed by atoms with van der Waals surface area (Å²) in [5.41, 5.74) is 19.0. The maximum absolute atomic E-state index is 5.07. The van der Waals surface area contributed by atoms with Crippen molar-refractivity contribution in [2.45, 2.75) is 27.7 Å². The molecule has 4 nitrogen and oxygen atoms in total. The molecule has 10 rings (SSSR count). The predicted octanol–water partition coefficient (Wildman–Crippen LogP) is 14.9. The molecule has 8 aromatic carbocycles. The van der Waals surface area contributed by atoms with Gasteiger partial charge in [0.05, 0.1) is 22.4 Å². The Kier molecular flexibility index (Phi) is 9.38. The fraction of sp³-hybridized carbons (Fsp3) is 0.0714. The van der Waals surface area contributed by atoms with Crippen molar-refractivity contribution in [2.75, 3.05) is 4.90 Å². The van der Waals surface area contributed by atoms with E-state index in [1.807, 2.05) is 0 Å². The van der Waals surface area contributed by atoms with Gasteiger partial charge in [-0.05, 0) is 106 Å². The normalized spacial score (nSPS) is 11.3. The largest absolute Gasteiger partial charge is 0.310 e. The molecule has 0 aliphatic rings. The second kappa shape index (κ2) is 15.3. The van der Waals surface area contributed by atoms with Crippen molar-refractivity contribution in [3.05, 3.63) is 216 Å². The lowest BCUT2D eigenvalue weighted by atomic mass is 10.0. The van der Waals surface area contributed by atoms with Gasteiger partial charge in [-0.2, -0.15) is 0 Å². The molecule has 2 heterocycles. The molecule has 0 N–H and O–H groups in total. The van der Waals surface area contributed by atoms with Crippen molar-refractivity contribution in [1.82, 2.24) is 14.5 Å². The highest BCUT2D eigenvalue weighted by Crippen LogP contribution is 2.40. The minimum atomic E-state index is 0.721. The van der Waals surface area contributed by atoms with Crippen molar-refractivity contribution in [2.24, 2.45) is 0 Å². The number of anilines is 3. The summed E-state index contributed by atoms with van der Waals surface area (Å²) in [7, 11) is 0. The van der Waals surface area contributed by atoms with E-state index in [0.29, 0.717) is 0 Å². The summed E-state index contributed by atoms with van der Waals surface area (Å²) in [4.78, 5) is 12.4. The van der Waals surface area contributed by atoms with Crippen LogP contribution in [0.4, 0.5) is 17.1 Å². The first-order chi connectivity index (χ1) is 29.3. The summed E-state index contributed by atoms with van der Waals surface area (Å²) in [5, 5.41) is 2.44. The fourth-order valence-electron chi connectivity index (χ4n) is 8.15. The first kappa shape index (κ1) is 36.8. The van der Waals surface area contributed by atoms with Crippen LogP contribution in [0.15, 0.2) is 194 Å². The van der Waals surface area contributed by atoms with Crippen molar-refractivity contribution >= 4 is 38.9 Å². The van der Waals surface area contributed by atoms with Crippen LogP contribution in [0.5, 0.6) is 0 Å². The third-order valence-electron chi connectivity index (χ3n) is 11.5. The molecule has 0 spiro atoms. The van der Waals surface area contributed by atoms with Gasteiger partial charge in [-0.3, -0.25) is 0 Å². The van der Waals surface area contributed by atoms with Gasteiger partial charge in [0.2, 0.25) is 0 Å². The molecule has 0 amide bonds. The lowest BCUT2D eigenvalue weighted by Crippen LogP contribution is -2.09. The molecule has 60 heavy (non-hydrogen) atoms. The van der Waals surface area contributed by atoms with Gasteiger partial charge in [-0.1, -0.05) is 150 Å². The van der Waals surface area contributed by atoms with E-state index in [9.17, 15) is 0 Å². The third-order valence-corrected chi connectivity index (χ3v) is 11.5. The predicted molar refractivity (Wildman–Crippen MR) is 252 cm³/mol. The molecular formula is C56H44N4. The first-order valence-corrected chi connectivity index (χ1v) is 20.6. The summed E-state index contributed by atoms with van der Waals surface area (Å²) < 4.78 is 2.38. The van der Waals surface area contributed by atoms with E-state index in [1.165, 1.54) is 44.1 Å². The maximum atomic E-state index is 5.07. The molecule has 0 atom stereocenters. The van der Waals surface area contributed by atoms with E-state index in [4.69, 9.17) is 9.97 Å². The van der Waals surface area contributed by atoms with Gasteiger partial charge in [-0.25, -0.2) is 9.97 Å². The quantitative estimate of drug-likeness (QED) is 0.154. The average Bonchev–Trinajstić information content (AvgIpc) is 3.62. The van der Waals surface area contributed by atoms with Gasteiger partial charge < -0.3 is 9.47 Å². The van der Waals surface area contributed by atoms with Crippen LogP contribution < -0.4 is 4.90 Å². The number of para-hydroxylation sites is 1. The number of fused-ring (bicyclic) bond motifs is 3. The maximum Gasteiger partial charge on any atom is 0.160 e. The second-order valence-corrected chi connectivity index (χ2v) is 15.9. The Morgan fingerprint density at radius 3 is 1.32 bits per heavy atom. The zero-order chi connectivity index (χ0) is 40.7. The summed E-state index contributed by atoms with van der Waals surface area (Å²) in [6, 6.07) is 69.9. The minimum absolute atomic E-state index is 0.721. The average molecular weight is 773 g/mol. The minimum Gasteiger partial charge on any atom is -0.310 e. The number of aryl methyl sites for hydroxylation is 4. The van der Waals surface area contributed by atoms with E-state index >= 15 is 0 Å². The van der Waals surface area contributed by atoms with Crippen molar-refractivity contribution in [1.29, 1.82) is 0 Å². The molecule has 4 heteroatoms. The number of benzene rings is 8. The highest BCUT2D eigenvalue weighted by Gasteiger charge is 2.18. The lowest BCUT2D eigenvalue weighted by Gasteiger charge is -2.26. The number of hydrogen-bond donors (Lipinski definition) is 0. The van der Waals surface area contributed by atoms with Crippen LogP contribution in [0.3, 0.4) is 0 Å². The smallest absolute Gasteiger partial charge is 0.160 e. The summed E-state index contributed by atoms with van der Waals surface area (Å²) >= 11 is 0. The van der Waals surface area contributed by atoms with Crippen molar-refractivity contribution < 1.29 is 0 Å². The van der Waals surface area contributed by atoms with Crippen LogP contribution in [0.25, 0.3) is 72.5 Å². The second-order valence-electron chi connectivity index (χ2n) is 15.9. The highest BCUT2D eigenvalue weighted by molar-refractivity contribution is 6.10. The molecule has 10 aromatic rings. The molecule has 0 saturated carbocycles. The number of hydrogen-bond acceptors (Lipinski definition) is 3. The Hall–Kier alpha value is -7.56. The molecule has 288 valence electrons. The van der Waals surface area contributed by atoms with Crippen LogP contribution >= 0.6 is 0 Å². The van der Waals surface area contributed by atoms with Gasteiger partial charge in [-0.15, -0.1) is 0 Å². The van der Waals surface area contributed by atoms with Gasteiger partial charge in [0, 0.05) is 50.2 Å². The Bertz CT molecular complexity index is 3010. The van der Waals surface area contributed by atoms with E-state index in [-0.39, 0.29) is 0 Å². The van der Waals surface area contributed by atoms with Crippen LogP contribution in [-0.4, -0.2) is 14.5 Å². The SMILES string of the molecule is Cc1ccc(-c2cc(-c3ccc(-c4ccc(-n5c6ccccc6c6cc(N(c7ccc(C)cc7)c7ccc(C)cc7)ccc65)cc4)cc3)nc(-c3ccc(C)cc3)n2)cc1. The molecule has 0 fully saturated rings. The Morgan fingerprint density at radius 2 is 0.767 bits per heavy atom. The van der Waals surface area contributed by atoms with Gasteiger partial charge in [0.1, 0.15) is 0 Å². The fourth-order valence-corrected chi connectivity index (χ4v) is 8.15. The van der Waals surface area contributed by atoms with Gasteiger partial charge in [0.15, 0.2) is 5.82 Å². The summed E-state index contributed by atoms with van der Waals surface area (Å²) in [6.45, 7) is 8.47. The highest BCUT2D eigenvalue weighted by atomic mass is 15.1. The van der Waals surface area contributed by atoms with Crippen LogP contribution in [-0.2, 0) is 0 Å². The molecule has 0 bridgehead atoms. The monoisotopic (exact) mass is 772 g/mol. The Morgan fingerprint density at radius 1 is 0.350 bits per heavy atom. The standard InChI is InChI=1S/C56H44N4/c1-37-9-17-43(18-10-37)52-36-53(58-56(57-52)45-19-11-38(2)12-20-45)44-23-21-41(22-24-44)42-25-31-48(32-26-42)60-54-8-6-5-7-50(54)51-35-49(33-34-55(51)60)59(46-27-13-39(3)14-28-46)47-29-15-40(4)16-30-47/h5-36H,1-4H3. The summed E-state index contributed by atoms with van der Waals surface area (Å²) in [5.74, 6) is 0.721. The van der Waals surface area contributed by atoms with Crippen molar-refractivity contribution in [3.63, 3.8) is 0 Å². The van der Waals surface area contributed by atoms with E-state index in [2.05, 4.69) is 231 Å². The van der Waals surface area contributed by atoms with E-state index in [0.717, 1.165) is 67.8 Å². The topological polar surface area (TPSA) is 34.0 Å². The van der Waals surface area contributed by atoms with Gasteiger partial charge >= 0.3 is 0 Å². The molecule has 0 aliphatic heterocycles. The van der Waals surface area contributed by atoms with Crippen molar-refractivity contribution in [3.8, 4) is 50.7 Å². The molecule has 0 radical (unpaired) electrons. The molecule has 2 aromatic heterocycles. The molecule has 0 unspecified atom stereocenters. The zero-order valence-electron chi connectivity index (χ0n) is 34.3. The Balaban J connectivity index is 0.989. The summed E-state index contributed by atoms with van der Waals surface area (Å²) in [6.07, 6.45) is 0. The Labute approximate surface area is 351 Å². The van der Waals surface area contributed by atoms with Gasteiger partial charge in [0.25, 0.3) is 0 Å². The third kappa shape index (κ3) is 7.03. The number of rotatable bonds is 8. The number of aromatic nitrogens is 3. The van der Waals surface area contributed by atoms with Crippen LogP contribution in [0.1, 0.15) is 22.3 Å². The lowest BCUT2D eigenvalue weighted by molar-refractivity contribution is 1.18. The van der Waals surface area contributed by atoms with Crippen LogP contribution in [0.2, 0.25) is 0 Å². The number of nitrogens with zero attached hydrogens (tertiary/aromatic N) is 4. The molecule has 0 saturated heterocycles. The van der Waals surface area contributed by atoms with E-state index < -0.39 is 0 Å². The van der Waals surface area contributed by atoms with Crippen LogP contribution in [0, 0.1) is 27.7 Å². The molecular weight excluding hydrogens is 729 g/mol. The van der Waals surface area contributed by atoms with E-state index in [1.54, 1.807) is 0 Å². The molecule has 0 aliphatic carbocycles. The first-order valence-electron chi connectivity index (χ1n) is 20.6.